The Kier molecular flexibility index (Phi) is 2.49. The molecule has 0 saturated carbocycles. The molecule has 0 radical (unpaired) electrons. The average molecular weight is 170 g/mol. The van der Waals surface area contributed by atoms with Crippen molar-refractivity contribution in [2.75, 3.05) is 0 Å². The molecule has 0 saturated heterocycles. The second-order valence-electron chi connectivity index (χ2n) is 2.21. The maximum absolute atomic E-state index is 8.37. The molecule has 1 N–H and O–H groups in total. The molecule has 0 atom stereocenters. The van der Waals surface area contributed by atoms with Crippen molar-refractivity contribution < 1.29 is 5.21 Å². The number of nitrogens with zero attached hydrogens (tertiary/aromatic N) is 1. The highest BCUT2D eigenvalue weighted by molar-refractivity contribution is 6.69. The van der Waals surface area contributed by atoms with E-state index in [-0.39, 0.29) is 5.17 Å². The van der Waals surface area contributed by atoms with E-state index in [4.69, 9.17) is 16.8 Å². The van der Waals surface area contributed by atoms with Gasteiger partial charge in [-0.15, -0.1) is 0 Å². The van der Waals surface area contributed by atoms with Gasteiger partial charge >= 0.3 is 0 Å². The molecule has 1 aromatic rings. The molecule has 1 rings (SSSR count). The molecule has 58 valence electrons. The third-order valence-electron chi connectivity index (χ3n) is 1.46. The minimum atomic E-state index is 0.128. The fraction of sp³-hybridized carbons (Fsp3) is 0.125. The van der Waals surface area contributed by atoms with Gasteiger partial charge in [0.15, 0.2) is 5.17 Å². The van der Waals surface area contributed by atoms with Gasteiger partial charge in [-0.3, -0.25) is 0 Å². The first kappa shape index (κ1) is 8.08. The molecular weight excluding hydrogens is 162 g/mol. The van der Waals surface area contributed by atoms with Crippen molar-refractivity contribution in [1.82, 2.24) is 0 Å². The first-order valence-corrected chi connectivity index (χ1v) is 3.57. The zero-order valence-corrected chi connectivity index (χ0v) is 6.84. The highest BCUT2D eigenvalue weighted by Crippen LogP contribution is 2.10. The summed E-state index contributed by atoms with van der Waals surface area (Å²) in [4.78, 5) is 0. The van der Waals surface area contributed by atoms with Crippen molar-refractivity contribution in [3.8, 4) is 0 Å². The van der Waals surface area contributed by atoms with E-state index < -0.39 is 0 Å². The minimum absolute atomic E-state index is 0.128. The molecule has 0 aliphatic carbocycles. The highest BCUT2D eigenvalue weighted by Gasteiger charge is 2.01. The van der Waals surface area contributed by atoms with E-state index in [2.05, 4.69) is 5.16 Å². The van der Waals surface area contributed by atoms with Gasteiger partial charge in [0.1, 0.15) is 0 Å². The second-order valence-corrected chi connectivity index (χ2v) is 2.56. The fourth-order valence-electron chi connectivity index (χ4n) is 0.858. The molecule has 0 spiro atoms. The van der Waals surface area contributed by atoms with Crippen LogP contribution in [0.25, 0.3) is 0 Å². The van der Waals surface area contributed by atoms with Crippen molar-refractivity contribution in [2.45, 2.75) is 6.92 Å². The van der Waals surface area contributed by atoms with Crippen molar-refractivity contribution in [3.63, 3.8) is 0 Å². The molecule has 3 heteroatoms. The molecule has 11 heavy (non-hydrogen) atoms. The van der Waals surface area contributed by atoms with Crippen LogP contribution in [0.4, 0.5) is 0 Å². The van der Waals surface area contributed by atoms with Crippen LogP contribution in [0.1, 0.15) is 11.1 Å². The largest absolute Gasteiger partial charge is 0.410 e. The summed E-state index contributed by atoms with van der Waals surface area (Å²) in [6.07, 6.45) is 0. The number of oxime groups is 1. The van der Waals surface area contributed by atoms with Gasteiger partial charge in [-0.05, 0) is 12.5 Å². The Hall–Kier alpha value is -1.02. The number of aryl methyl sites for hydroxylation is 1. The Balaban J connectivity index is 3.14. The van der Waals surface area contributed by atoms with Gasteiger partial charge in [-0.25, -0.2) is 0 Å². The molecule has 2 nitrogen and oxygen atoms in total. The predicted octanol–water partition coefficient (Wildman–Crippen LogP) is 2.37. The Labute approximate surface area is 70.1 Å². The lowest BCUT2D eigenvalue weighted by Gasteiger charge is -1.99. The van der Waals surface area contributed by atoms with Gasteiger partial charge in [0.05, 0.1) is 0 Å². The molecule has 1 aromatic carbocycles. The molecular formula is C8H8ClNO. The topological polar surface area (TPSA) is 32.6 Å². The summed E-state index contributed by atoms with van der Waals surface area (Å²) in [5.74, 6) is 0. The minimum Gasteiger partial charge on any atom is -0.410 e. The maximum Gasteiger partial charge on any atom is 0.175 e. The van der Waals surface area contributed by atoms with Crippen molar-refractivity contribution >= 4 is 16.8 Å². The van der Waals surface area contributed by atoms with E-state index in [0.29, 0.717) is 0 Å². The zero-order valence-electron chi connectivity index (χ0n) is 6.08. The van der Waals surface area contributed by atoms with Crippen LogP contribution in [-0.4, -0.2) is 10.4 Å². The van der Waals surface area contributed by atoms with Crippen LogP contribution in [0.2, 0.25) is 0 Å². The molecule has 0 amide bonds. The Morgan fingerprint density at radius 3 is 2.64 bits per heavy atom. The lowest BCUT2D eigenvalue weighted by atomic mass is 10.1. The highest BCUT2D eigenvalue weighted by atomic mass is 35.5. The van der Waals surface area contributed by atoms with Crippen molar-refractivity contribution in [1.29, 1.82) is 0 Å². The standard InChI is InChI=1S/C8H8ClNO/c1-6-4-2-3-5-7(6)8(9)10-11/h2-5,11H,1H3/b10-8-. The lowest BCUT2D eigenvalue weighted by molar-refractivity contribution is 0.321. The average Bonchev–Trinajstić information content (AvgIpc) is 2.04. The predicted molar refractivity (Wildman–Crippen MR) is 45.4 cm³/mol. The summed E-state index contributed by atoms with van der Waals surface area (Å²) >= 11 is 5.60. The monoisotopic (exact) mass is 169 g/mol. The van der Waals surface area contributed by atoms with Gasteiger partial charge in [0.2, 0.25) is 0 Å². The Bertz CT molecular complexity index is 283. The van der Waals surface area contributed by atoms with Crippen LogP contribution < -0.4 is 0 Å². The third-order valence-corrected chi connectivity index (χ3v) is 1.73. The number of halogens is 1. The Morgan fingerprint density at radius 2 is 2.09 bits per heavy atom. The van der Waals surface area contributed by atoms with Crippen LogP contribution in [-0.2, 0) is 0 Å². The summed E-state index contributed by atoms with van der Waals surface area (Å²) in [7, 11) is 0. The van der Waals surface area contributed by atoms with Crippen LogP contribution in [0.15, 0.2) is 29.4 Å². The normalized spacial score (nSPS) is 11.6. The number of benzene rings is 1. The van der Waals surface area contributed by atoms with E-state index in [9.17, 15) is 0 Å². The van der Waals surface area contributed by atoms with Crippen molar-refractivity contribution in [2.24, 2.45) is 5.16 Å². The maximum atomic E-state index is 8.37. The van der Waals surface area contributed by atoms with Crippen molar-refractivity contribution in [3.05, 3.63) is 35.4 Å². The smallest absolute Gasteiger partial charge is 0.175 e. The summed E-state index contributed by atoms with van der Waals surface area (Å²) in [6, 6.07) is 7.45. The third kappa shape index (κ3) is 1.71. The van der Waals surface area contributed by atoms with Crippen LogP contribution in [0, 0.1) is 6.92 Å². The summed E-state index contributed by atoms with van der Waals surface area (Å²) < 4.78 is 0. The lowest BCUT2D eigenvalue weighted by Crippen LogP contribution is -1.93. The molecule has 0 unspecified atom stereocenters. The summed E-state index contributed by atoms with van der Waals surface area (Å²) in [6.45, 7) is 1.91. The molecule has 0 aromatic heterocycles. The number of rotatable bonds is 1. The first-order chi connectivity index (χ1) is 5.25. The van der Waals surface area contributed by atoms with Gasteiger partial charge < -0.3 is 5.21 Å². The molecule has 0 aliphatic heterocycles. The number of hydrogen-bond donors (Lipinski definition) is 1. The van der Waals surface area contributed by atoms with E-state index >= 15 is 0 Å². The van der Waals surface area contributed by atoms with Gasteiger partial charge in [-0.1, -0.05) is 41.0 Å². The van der Waals surface area contributed by atoms with Crippen LogP contribution in [0.3, 0.4) is 0 Å². The zero-order chi connectivity index (χ0) is 8.27. The van der Waals surface area contributed by atoms with Crippen LogP contribution in [0.5, 0.6) is 0 Å². The molecule has 0 heterocycles. The van der Waals surface area contributed by atoms with Crippen LogP contribution >= 0.6 is 11.6 Å². The van der Waals surface area contributed by atoms with Gasteiger partial charge in [-0.2, -0.15) is 0 Å². The molecule has 0 bridgehead atoms. The van der Waals surface area contributed by atoms with Gasteiger partial charge in [0, 0.05) is 5.56 Å². The summed E-state index contributed by atoms with van der Waals surface area (Å²) in [5, 5.41) is 11.4. The SMILES string of the molecule is Cc1ccccc1/C(Cl)=N/O. The second kappa shape index (κ2) is 3.39. The fourth-order valence-corrected chi connectivity index (χ4v) is 1.07. The molecule has 0 aliphatic rings. The van der Waals surface area contributed by atoms with E-state index in [0.717, 1.165) is 11.1 Å². The Morgan fingerprint density at radius 1 is 1.45 bits per heavy atom. The van der Waals surface area contributed by atoms with E-state index in [1.54, 1.807) is 6.07 Å². The van der Waals surface area contributed by atoms with E-state index in [1.807, 2.05) is 25.1 Å². The molecule has 0 fully saturated rings. The number of hydrogen-bond acceptors (Lipinski definition) is 2. The summed E-state index contributed by atoms with van der Waals surface area (Å²) in [5.41, 5.74) is 1.76. The van der Waals surface area contributed by atoms with Gasteiger partial charge in [0.25, 0.3) is 0 Å². The quantitative estimate of drug-likeness (QED) is 0.391. The van der Waals surface area contributed by atoms with E-state index in [1.165, 1.54) is 0 Å². The first-order valence-electron chi connectivity index (χ1n) is 3.19.